The van der Waals surface area contributed by atoms with Gasteiger partial charge in [-0.25, -0.2) is 9.13 Å². The maximum absolute atomic E-state index is 13.1. The average molecular weight is 1510 g/mol. The van der Waals surface area contributed by atoms with E-state index >= 15 is 0 Å². The molecule has 3 N–H and O–H groups in total. The maximum atomic E-state index is 13.1. The molecule has 0 aromatic heterocycles. The number of phosphoric ester groups is 2. The first-order valence-corrected chi connectivity index (χ1v) is 46.3. The molecule has 0 spiro atoms. The number of carbonyl (C=O) groups is 4. The van der Waals surface area contributed by atoms with Crippen LogP contribution in [0.15, 0.2) is 0 Å². The van der Waals surface area contributed by atoms with Crippen LogP contribution in [0, 0.1) is 23.7 Å². The summed E-state index contributed by atoms with van der Waals surface area (Å²) >= 11 is 0. The van der Waals surface area contributed by atoms with Crippen molar-refractivity contribution in [2.75, 3.05) is 39.6 Å². The Labute approximate surface area is 632 Å². The topological polar surface area (TPSA) is 237 Å². The standard InChI is InChI=1S/C84H164O17P2/c1-9-76(7)62-54-46-38-30-26-22-18-13-11-12-14-19-23-27-31-41-50-58-66-83(88)100-79(70-94-81(86)64-56-48-40-34-33-39-47-55-63-77(8)10-2)72-98-102(90,91)96-68-78(85)69-97-103(92,93)99-73-80(71-95-82(87)65-57-49-43-35-37-45-53-61-75(5)6)101-84(89)67-59-51-42-32-28-24-20-16-15-17-21-25-29-36-44-52-60-74(3)4/h74-80,85H,9-73H2,1-8H3,(H,90,91)(H,92,93)/t76?,77?,78?,79-,80-/m1/s1. The lowest BCUT2D eigenvalue weighted by atomic mass is 9.99. The number of unbranched alkanes of at least 4 members (excludes halogenated alkanes) is 45. The van der Waals surface area contributed by atoms with Crippen LogP contribution in [0.2, 0.25) is 0 Å². The van der Waals surface area contributed by atoms with E-state index in [9.17, 15) is 43.2 Å². The molecule has 0 aromatic carbocycles. The van der Waals surface area contributed by atoms with E-state index in [1.54, 1.807) is 0 Å². The van der Waals surface area contributed by atoms with Crippen LogP contribution in [0.3, 0.4) is 0 Å². The van der Waals surface area contributed by atoms with Crippen molar-refractivity contribution in [3.63, 3.8) is 0 Å². The van der Waals surface area contributed by atoms with Crippen molar-refractivity contribution in [1.29, 1.82) is 0 Å². The summed E-state index contributed by atoms with van der Waals surface area (Å²) in [5, 5.41) is 10.7. The molecular formula is C84H164O17P2. The van der Waals surface area contributed by atoms with Crippen molar-refractivity contribution in [2.45, 2.75) is 453 Å². The van der Waals surface area contributed by atoms with Gasteiger partial charge in [0, 0.05) is 25.7 Å². The van der Waals surface area contributed by atoms with Gasteiger partial charge in [-0.15, -0.1) is 0 Å². The molecule has 0 saturated heterocycles. The molecule has 0 saturated carbocycles. The van der Waals surface area contributed by atoms with Gasteiger partial charge in [0.2, 0.25) is 0 Å². The summed E-state index contributed by atoms with van der Waals surface area (Å²) < 4.78 is 68.8. The van der Waals surface area contributed by atoms with Crippen LogP contribution in [-0.2, 0) is 65.4 Å². The minimum Gasteiger partial charge on any atom is -0.462 e. The number of hydrogen-bond donors (Lipinski definition) is 3. The van der Waals surface area contributed by atoms with Crippen molar-refractivity contribution < 1.29 is 80.2 Å². The Kier molecular flexibility index (Phi) is 71.5. The Balaban J connectivity index is 5.19. The minimum absolute atomic E-state index is 0.107. The molecule has 7 atom stereocenters. The first-order chi connectivity index (χ1) is 49.7. The van der Waals surface area contributed by atoms with Gasteiger partial charge in [0.15, 0.2) is 12.2 Å². The third-order valence-corrected chi connectivity index (χ3v) is 22.2. The molecule has 0 aromatic rings. The zero-order valence-electron chi connectivity index (χ0n) is 68.0. The Morgan fingerprint density at radius 3 is 0.689 bits per heavy atom. The highest BCUT2D eigenvalue weighted by Gasteiger charge is 2.30. The molecule has 19 heteroatoms. The van der Waals surface area contributed by atoms with Crippen LogP contribution < -0.4 is 0 Å². The smallest absolute Gasteiger partial charge is 0.462 e. The molecule has 0 heterocycles. The van der Waals surface area contributed by atoms with Gasteiger partial charge in [-0.1, -0.05) is 383 Å². The Morgan fingerprint density at radius 2 is 0.466 bits per heavy atom. The molecule has 0 fully saturated rings. The number of carbonyl (C=O) groups excluding carboxylic acids is 4. The molecule has 0 bridgehead atoms. The summed E-state index contributed by atoms with van der Waals surface area (Å²) in [7, 11) is -9.93. The first kappa shape index (κ1) is 101. The van der Waals surface area contributed by atoms with Crippen LogP contribution in [0.1, 0.15) is 434 Å². The molecule has 5 unspecified atom stereocenters. The lowest BCUT2D eigenvalue weighted by Crippen LogP contribution is -2.30. The predicted octanol–water partition coefficient (Wildman–Crippen LogP) is 25.2. The Morgan fingerprint density at radius 1 is 0.272 bits per heavy atom. The molecule has 103 heavy (non-hydrogen) atoms. The zero-order valence-corrected chi connectivity index (χ0v) is 69.7. The average Bonchev–Trinajstić information content (AvgIpc) is 0.919. The number of phosphoric acid groups is 2. The van der Waals surface area contributed by atoms with E-state index in [0.29, 0.717) is 31.6 Å². The summed E-state index contributed by atoms with van der Waals surface area (Å²) in [6, 6.07) is 0. The summed E-state index contributed by atoms with van der Waals surface area (Å²) in [4.78, 5) is 73.1. The number of aliphatic hydroxyl groups excluding tert-OH is 1. The van der Waals surface area contributed by atoms with E-state index in [2.05, 4.69) is 55.4 Å². The van der Waals surface area contributed by atoms with Crippen LogP contribution in [-0.4, -0.2) is 96.7 Å². The number of hydrogen-bond acceptors (Lipinski definition) is 15. The van der Waals surface area contributed by atoms with Gasteiger partial charge in [0.1, 0.15) is 19.3 Å². The molecule has 0 radical (unpaired) electrons. The van der Waals surface area contributed by atoms with Gasteiger partial charge in [-0.3, -0.25) is 37.3 Å². The number of esters is 4. The molecule has 612 valence electrons. The molecule has 17 nitrogen and oxygen atoms in total. The van der Waals surface area contributed by atoms with Crippen LogP contribution in [0.25, 0.3) is 0 Å². The van der Waals surface area contributed by atoms with Gasteiger partial charge in [0.05, 0.1) is 26.4 Å². The Hall–Kier alpha value is -1.94. The van der Waals surface area contributed by atoms with Gasteiger partial charge >= 0.3 is 39.5 Å². The summed E-state index contributed by atoms with van der Waals surface area (Å²) in [5.41, 5.74) is 0. The molecule has 0 aliphatic rings. The molecule has 0 amide bonds. The third-order valence-electron chi connectivity index (χ3n) is 20.3. The van der Waals surface area contributed by atoms with Gasteiger partial charge in [0.25, 0.3) is 0 Å². The number of ether oxygens (including phenoxy) is 4. The highest BCUT2D eigenvalue weighted by atomic mass is 31.2. The highest BCUT2D eigenvalue weighted by Crippen LogP contribution is 2.45. The summed E-state index contributed by atoms with van der Waals surface area (Å²) in [6.07, 6.45) is 61.2. The number of rotatable bonds is 81. The predicted molar refractivity (Wildman–Crippen MR) is 423 cm³/mol. The third kappa shape index (κ3) is 75.3. The molecule has 0 rings (SSSR count). The van der Waals surface area contributed by atoms with Crippen molar-refractivity contribution in [2.24, 2.45) is 23.7 Å². The normalized spacial score (nSPS) is 14.5. The van der Waals surface area contributed by atoms with E-state index in [0.717, 1.165) is 114 Å². The van der Waals surface area contributed by atoms with Crippen molar-refractivity contribution in [1.82, 2.24) is 0 Å². The second-order valence-corrected chi connectivity index (χ2v) is 34.6. The van der Waals surface area contributed by atoms with Crippen LogP contribution in [0.4, 0.5) is 0 Å². The first-order valence-electron chi connectivity index (χ1n) is 43.3. The summed E-state index contributed by atoms with van der Waals surface area (Å²) in [5.74, 6) is 1.05. The lowest BCUT2D eigenvalue weighted by Gasteiger charge is -2.21. The largest absolute Gasteiger partial charge is 0.472 e. The van der Waals surface area contributed by atoms with Crippen LogP contribution in [0.5, 0.6) is 0 Å². The molecule has 0 aliphatic heterocycles. The number of aliphatic hydroxyl groups is 1. The van der Waals surface area contributed by atoms with E-state index in [1.165, 1.54) is 231 Å². The van der Waals surface area contributed by atoms with E-state index in [4.69, 9.17) is 37.0 Å². The van der Waals surface area contributed by atoms with Gasteiger partial charge in [-0.2, -0.15) is 0 Å². The fraction of sp³-hybridized carbons (Fsp3) is 0.952. The Bertz CT molecular complexity index is 2010. The fourth-order valence-electron chi connectivity index (χ4n) is 12.9. The minimum atomic E-state index is -4.96. The van der Waals surface area contributed by atoms with E-state index in [-0.39, 0.29) is 25.7 Å². The van der Waals surface area contributed by atoms with Crippen molar-refractivity contribution in [3.8, 4) is 0 Å². The van der Waals surface area contributed by atoms with Crippen molar-refractivity contribution >= 4 is 39.5 Å². The molecular weight excluding hydrogens is 1340 g/mol. The van der Waals surface area contributed by atoms with E-state index in [1.807, 2.05) is 0 Å². The highest BCUT2D eigenvalue weighted by molar-refractivity contribution is 7.47. The fourth-order valence-corrected chi connectivity index (χ4v) is 14.5. The monoisotopic (exact) mass is 1510 g/mol. The zero-order chi connectivity index (χ0) is 76.0. The van der Waals surface area contributed by atoms with Gasteiger partial charge < -0.3 is 33.8 Å². The van der Waals surface area contributed by atoms with Gasteiger partial charge in [-0.05, 0) is 49.4 Å². The van der Waals surface area contributed by atoms with E-state index < -0.39 is 97.5 Å². The SMILES string of the molecule is CCC(C)CCCCCCCCCCCCCCCCCCCCC(=O)O[C@H](COC(=O)CCCCCCCCCCC(C)CC)COP(=O)(O)OCC(O)COP(=O)(O)OC[C@@H](COC(=O)CCCCCCCCCC(C)C)OC(=O)CCCCCCCCCCCCCCCCCCC(C)C. The second kappa shape index (κ2) is 72.9. The lowest BCUT2D eigenvalue weighted by molar-refractivity contribution is -0.161. The quantitative estimate of drug-likeness (QED) is 0.0222. The van der Waals surface area contributed by atoms with Crippen molar-refractivity contribution in [3.05, 3.63) is 0 Å². The van der Waals surface area contributed by atoms with Crippen LogP contribution >= 0.6 is 15.6 Å². The summed E-state index contributed by atoms with van der Waals surface area (Å²) in [6.45, 7) is 14.3. The molecule has 0 aliphatic carbocycles. The maximum Gasteiger partial charge on any atom is 0.472 e. The second-order valence-electron chi connectivity index (χ2n) is 31.7.